The molecule has 0 aromatic carbocycles. The standard InChI is InChI=1S/C18H38O3S.K.H/c1-3-4-5-6-7-8-9-10-11-12-13-14-15-16-17-18(2)22(19,20)21;;/h18H,3-17H2,1-2H3,(H,19,20,21);;/q;+1;-1. The van der Waals surface area contributed by atoms with Crippen LogP contribution in [0.1, 0.15) is 112 Å². The Labute approximate surface area is 189 Å². The van der Waals surface area contributed by atoms with Crippen LogP contribution in [0.25, 0.3) is 0 Å². The Bertz CT molecular complexity index is 337. The SMILES string of the molecule is CCCCCCCCCCCCCCCCC(C)S(=O)(=O)O.[H-].[K+]. The molecule has 1 atom stereocenters. The van der Waals surface area contributed by atoms with Gasteiger partial charge in [0.2, 0.25) is 0 Å². The maximum absolute atomic E-state index is 10.9. The van der Waals surface area contributed by atoms with Crippen LogP contribution in [-0.4, -0.2) is 18.2 Å². The van der Waals surface area contributed by atoms with Crippen molar-refractivity contribution in [1.29, 1.82) is 0 Å². The molecule has 0 amide bonds. The molecule has 0 aliphatic carbocycles. The van der Waals surface area contributed by atoms with Crippen LogP contribution in [0.3, 0.4) is 0 Å². The zero-order valence-electron chi connectivity index (χ0n) is 16.9. The first-order valence-corrected chi connectivity index (χ1v) is 10.9. The Hall–Kier alpha value is 1.55. The van der Waals surface area contributed by atoms with Gasteiger partial charge in [-0.1, -0.05) is 96.8 Å². The number of hydrogen-bond donors (Lipinski definition) is 1. The molecule has 0 aromatic rings. The molecule has 23 heavy (non-hydrogen) atoms. The van der Waals surface area contributed by atoms with Crippen molar-refractivity contribution >= 4 is 10.1 Å². The summed E-state index contributed by atoms with van der Waals surface area (Å²) in [4.78, 5) is 0. The summed E-state index contributed by atoms with van der Waals surface area (Å²) >= 11 is 0. The molecule has 0 heterocycles. The van der Waals surface area contributed by atoms with Crippen molar-refractivity contribution in [2.75, 3.05) is 0 Å². The van der Waals surface area contributed by atoms with Crippen molar-refractivity contribution in [3.05, 3.63) is 0 Å². The summed E-state index contributed by atoms with van der Waals surface area (Å²) in [7, 11) is -3.82. The fraction of sp³-hybridized carbons (Fsp3) is 1.00. The minimum Gasteiger partial charge on any atom is -1.00 e. The molecule has 0 rings (SSSR count). The van der Waals surface area contributed by atoms with Gasteiger partial charge >= 0.3 is 51.4 Å². The normalized spacial score (nSPS) is 12.8. The molecule has 0 saturated heterocycles. The molecule has 1 N–H and O–H groups in total. The van der Waals surface area contributed by atoms with Gasteiger partial charge in [-0.15, -0.1) is 0 Å². The first kappa shape index (κ1) is 26.8. The molecule has 0 bridgehead atoms. The van der Waals surface area contributed by atoms with E-state index in [4.69, 9.17) is 4.55 Å². The third-order valence-corrected chi connectivity index (χ3v) is 5.73. The summed E-state index contributed by atoms with van der Waals surface area (Å²) in [5, 5.41) is -0.607. The van der Waals surface area contributed by atoms with Crippen LogP contribution in [-0.2, 0) is 10.1 Å². The molecule has 0 fully saturated rings. The molecule has 0 aromatic heterocycles. The Balaban J connectivity index is -0.00000220. The van der Waals surface area contributed by atoms with Crippen LogP contribution in [0, 0.1) is 0 Å². The van der Waals surface area contributed by atoms with Crippen molar-refractivity contribution in [3.8, 4) is 0 Å². The van der Waals surface area contributed by atoms with E-state index in [9.17, 15) is 8.42 Å². The van der Waals surface area contributed by atoms with Crippen molar-refractivity contribution in [1.82, 2.24) is 0 Å². The van der Waals surface area contributed by atoms with Gasteiger partial charge in [0.25, 0.3) is 10.1 Å². The second-order valence-electron chi connectivity index (χ2n) is 6.71. The van der Waals surface area contributed by atoms with Gasteiger partial charge in [0.1, 0.15) is 0 Å². The zero-order valence-corrected chi connectivity index (χ0v) is 19.8. The van der Waals surface area contributed by atoms with Crippen molar-refractivity contribution in [3.63, 3.8) is 0 Å². The summed E-state index contributed by atoms with van der Waals surface area (Å²) in [6.07, 6.45) is 18.8. The van der Waals surface area contributed by atoms with E-state index in [1.165, 1.54) is 77.0 Å². The van der Waals surface area contributed by atoms with Crippen LogP contribution < -0.4 is 51.4 Å². The zero-order chi connectivity index (χ0) is 16.7. The Kier molecular flexibility index (Phi) is 21.3. The third kappa shape index (κ3) is 19.7. The van der Waals surface area contributed by atoms with Gasteiger partial charge in [0, 0.05) is 0 Å². The van der Waals surface area contributed by atoms with E-state index in [1.54, 1.807) is 6.92 Å². The van der Waals surface area contributed by atoms with E-state index >= 15 is 0 Å². The molecule has 5 heteroatoms. The minimum atomic E-state index is -3.82. The average Bonchev–Trinajstić information content (AvgIpc) is 2.46. The molecule has 136 valence electrons. The van der Waals surface area contributed by atoms with Gasteiger partial charge in [-0.3, -0.25) is 4.55 Å². The van der Waals surface area contributed by atoms with E-state index < -0.39 is 15.4 Å². The van der Waals surface area contributed by atoms with Crippen LogP contribution >= 0.6 is 0 Å². The fourth-order valence-electron chi connectivity index (χ4n) is 2.78. The van der Waals surface area contributed by atoms with Gasteiger partial charge in [0.05, 0.1) is 5.25 Å². The van der Waals surface area contributed by atoms with Crippen molar-refractivity contribution in [2.24, 2.45) is 0 Å². The molecular weight excluding hydrogens is 335 g/mol. The van der Waals surface area contributed by atoms with Crippen LogP contribution in [0.4, 0.5) is 0 Å². The molecular formula is C18H39KO3S. The van der Waals surface area contributed by atoms with Gasteiger partial charge < -0.3 is 1.43 Å². The second-order valence-corrected chi connectivity index (χ2v) is 8.55. The largest absolute Gasteiger partial charge is 1.00 e. The van der Waals surface area contributed by atoms with E-state index in [0.717, 1.165) is 12.8 Å². The molecule has 0 spiro atoms. The van der Waals surface area contributed by atoms with Crippen LogP contribution in [0.15, 0.2) is 0 Å². The van der Waals surface area contributed by atoms with Crippen LogP contribution in [0.2, 0.25) is 0 Å². The number of unbranched alkanes of at least 4 members (excludes halogenated alkanes) is 13. The Morgan fingerprint density at radius 3 is 1.35 bits per heavy atom. The summed E-state index contributed by atoms with van der Waals surface area (Å²) in [5.41, 5.74) is 0. The maximum Gasteiger partial charge on any atom is 1.00 e. The average molecular weight is 375 g/mol. The maximum atomic E-state index is 10.9. The van der Waals surface area contributed by atoms with E-state index in [1.807, 2.05) is 0 Å². The topological polar surface area (TPSA) is 54.4 Å². The summed E-state index contributed by atoms with van der Waals surface area (Å²) in [6.45, 7) is 3.84. The summed E-state index contributed by atoms with van der Waals surface area (Å²) < 4.78 is 30.6. The van der Waals surface area contributed by atoms with E-state index in [-0.39, 0.29) is 52.8 Å². The monoisotopic (exact) mass is 374 g/mol. The van der Waals surface area contributed by atoms with Gasteiger partial charge in [-0.05, 0) is 13.3 Å². The van der Waals surface area contributed by atoms with E-state index in [0.29, 0.717) is 6.42 Å². The van der Waals surface area contributed by atoms with Gasteiger partial charge in [-0.25, -0.2) is 0 Å². The van der Waals surface area contributed by atoms with E-state index in [2.05, 4.69) is 6.92 Å². The minimum absolute atomic E-state index is 0. The summed E-state index contributed by atoms with van der Waals surface area (Å²) in [5.74, 6) is 0. The third-order valence-electron chi connectivity index (χ3n) is 4.47. The smallest absolute Gasteiger partial charge is 1.00 e. The molecule has 1 unspecified atom stereocenters. The first-order chi connectivity index (χ1) is 10.5. The molecule has 0 aliphatic rings. The first-order valence-electron chi connectivity index (χ1n) is 9.44. The second kappa shape index (κ2) is 18.3. The Morgan fingerprint density at radius 1 is 0.739 bits per heavy atom. The molecule has 3 nitrogen and oxygen atoms in total. The van der Waals surface area contributed by atoms with Gasteiger partial charge in [-0.2, -0.15) is 8.42 Å². The number of hydrogen-bond acceptors (Lipinski definition) is 2. The molecule has 0 aliphatic heterocycles. The van der Waals surface area contributed by atoms with Crippen LogP contribution in [0.5, 0.6) is 0 Å². The quantitative estimate of drug-likeness (QED) is 0.256. The van der Waals surface area contributed by atoms with Crippen molar-refractivity contribution < 1.29 is 65.8 Å². The predicted octanol–water partition coefficient (Wildman–Crippen LogP) is 3.25. The fourth-order valence-corrected chi connectivity index (χ4v) is 3.24. The summed E-state index contributed by atoms with van der Waals surface area (Å²) in [6, 6.07) is 0. The molecule has 0 radical (unpaired) electrons. The van der Waals surface area contributed by atoms with Crippen molar-refractivity contribution in [2.45, 2.75) is 115 Å². The Morgan fingerprint density at radius 2 is 1.04 bits per heavy atom. The predicted molar refractivity (Wildman–Crippen MR) is 97.1 cm³/mol. The molecule has 0 saturated carbocycles. The number of rotatable bonds is 16. The van der Waals surface area contributed by atoms with Gasteiger partial charge in [0.15, 0.2) is 0 Å².